The largest absolute Gasteiger partial charge is 0.497 e. The molecule has 1 atom stereocenters. The molecule has 1 aliphatic rings. The molecule has 1 aliphatic heterocycles. The molecule has 0 bridgehead atoms. The molecule has 5 rings (SSSR count). The number of aromatic amines is 1. The standard InChI is InChI=1S/C23H21ClN4O3/c1-3-28-19-10-13(18-11-25-26-23(18)24)4-6-17(19)21(27-28)22(29)15-8-14-9-16(30-2)5-7-20(14)31-12-15/h4-7,9-11,15H,3,8,12H2,1-2H3,(H,25,26). The van der Waals surface area contributed by atoms with E-state index in [1.165, 1.54) is 0 Å². The SMILES string of the molecule is CCn1nc(C(=O)C2COc3ccc(OC)cc3C2)c2ccc(-c3cn[nH]c3Cl)cc21. The van der Waals surface area contributed by atoms with Crippen LogP contribution in [-0.2, 0) is 13.0 Å². The molecule has 8 heteroatoms. The maximum Gasteiger partial charge on any atom is 0.190 e. The summed E-state index contributed by atoms with van der Waals surface area (Å²) >= 11 is 6.20. The van der Waals surface area contributed by atoms with Crippen LogP contribution in [0.25, 0.3) is 22.0 Å². The third-order valence-electron chi connectivity index (χ3n) is 5.73. The van der Waals surface area contributed by atoms with Gasteiger partial charge in [0.25, 0.3) is 0 Å². The van der Waals surface area contributed by atoms with Crippen molar-refractivity contribution in [1.29, 1.82) is 0 Å². The first-order valence-corrected chi connectivity index (χ1v) is 10.5. The number of H-pyrrole nitrogens is 1. The molecule has 2 aromatic carbocycles. The van der Waals surface area contributed by atoms with Gasteiger partial charge in [0.1, 0.15) is 22.3 Å². The van der Waals surface area contributed by atoms with Crippen LogP contribution in [0.3, 0.4) is 0 Å². The van der Waals surface area contributed by atoms with E-state index in [4.69, 9.17) is 21.1 Å². The predicted molar refractivity (Wildman–Crippen MR) is 118 cm³/mol. The average molecular weight is 437 g/mol. The lowest BCUT2D eigenvalue weighted by molar-refractivity contribution is 0.0850. The van der Waals surface area contributed by atoms with Crippen molar-refractivity contribution >= 4 is 28.3 Å². The quantitative estimate of drug-likeness (QED) is 0.464. The summed E-state index contributed by atoms with van der Waals surface area (Å²) in [7, 11) is 1.63. The number of benzene rings is 2. The summed E-state index contributed by atoms with van der Waals surface area (Å²) in [4.78, 5) is 13.5. The van der Waals surface area contributed by atoms with Crippen LogP contribution < -0.4 is 9.47 Å². The second-order valence-electron chi connectivity index (χ2n) is 7.54. The normalized spacial score (nSPS) is 15.5. The topological polar surface area (TPSA) is 82.0 Å². The Morgan fingerprint density at radius 2 is 2.19 bits per heavy atom. The number of ether oxygens (including phenoxy) is 2. The Balaban J connectivity index is 1.51. The molecule has 158 valence electrons. The summed E-state index contributed by atoms with van der Waals surface area (Å²) < 4.78 is 13.0. The van der Waals surface area contributed by atoms with E-state index in [0.717, 1.165) is 39.1 Å². The Hall–Kier alpha value is -3.32. The lowest BCUT2D eigenvalue weighted by Gasteiger charge is -2.24. The predicted octanol–water partition coefficient (Wildman–Crippen LogP) is 4.54. The number of carbonyl (C=O) groups is 1. The van der Waals surface area contributed by atoms with Gasteiger partial charge in [-0.05, 0) is 54.8 Å². The first kappa shape index (κ1) is 19.6. The van der Waals surface area contributed by atoms with Gasteiger partial charge in [0, 0.05) is 17.5 Å². The van der Waals surface area contributed by atoms with Crippen LogP contribution in [0.5, 0.6) is 11.5 Å². The van der Waals surface area contributed by atoms with Gasteiger partial charge in [-0.3, -0.25) is 14.6 Å². The Morgan fingerprint density at radius 1 is 1.32 bits per heavy atom. The van der Waals surface area contributed by atoms with Crippen LogP contribution in [0, 0.1) is 5.92 Å². The van der Waals surface area contributed by atoms with E-state index in [0.29, 0.717) is 30.4 Å². The van der Waals surface area contributed by atoms with Gasteiger partial charge in [-0.15, -0.1) is 0 Å². The van der Waals surface area contributed by atoms with Crippen molar-refractivity contribution in [3.05, 3.63) is 59.0 Å². The van der Waals surface area contributed by atoms with Crippen LogP contribution in [0.4, 0.5) is 0 Å². The lowest BCUT2D eigenvalue weighted by atomic mass is 9.90. The van der Waals surface area contributed by atoms with Gasteiger partial charge in [0.05, 0.1) is 31.3 Å². The monoisotopic (exact) mass is 436 g/mol. The van der Waals surface area contributed by atoms with E-state index < -0.39 is 0 Å². The molecule has 0 radical (unpaired) electrons. The summed E-state index contributed by atoms with van der Waals surface area (Å²) in [5.74, 6) is 1.24. The first-order valence-electron chi connectivity index (χ1n) is 10.1. The van der Waals surface area contributed by atoms with E-state index in [1.54, 1.807) is 13.3 Å². The number of nitrogens with one attached hydrogen (secondary N) is 1. The zero-order valence-electron chi connectivity index (χ0n) is 17.2. The van der Waals surface area contributed by atoms with Gasteiger partial charge in [0.15, 0.2) is 5.78 Å². The summed E-state index contributed by atoms with van der Waals surface area (Å²) in [5, 5.41) is 12.7. The highest BCUT2D eigenvalue weighted by atomic mass is 35.5. The van der Waals surface area contributed by atoms with E-state index in [1.807, 2.05) is 48.0 Å². The highest BCUT2D eigenvalue weighted by molar-refractivity contribution is 6.32. The molecule has 0 saturated carbocycles. The Labute approximate surface area is 183 Å². The smallest absolute Gasteiger partial charge is 0.190 e. The zero-order valence-corrected chi connectivity index (χ0v) is 17.9. The number of methoxy groups -OCH3 is 1. The number of hydrogen-bond donors (Lipinski definition) is 1. The van der Waals surface area contributed by atoms with Crippen LogP contribution >= 0.6 is 11.6 Å². The second kappa shape index (κ2) is 7.74. The molecular weight excluding hydrogens is 416 g/mol. The molecule has 0 fully saturated rings. The molecule has 2 aromatic heterocycles. The van der Waals surface area contributed by atoms with Crippen molar-refractivity contribution in [3.63, 3.8) is 0 Å². The van der Waals surface area contributed by atoms with E-state index >= 15 is 0 Å². The van der Waals surface area contributed by atoms with Gasteiger partial charge in [-0.25, -0.2) is 0 Å². The second-order valence-corrected chi connectivity index (χ2v) is 7.92. The van der Waals surface area contributed by atoms with Gasteiger partial charge >= 0.3 is 0 Å². The highest BCUT2D eigenvalue weighted by Gasteiger charge is 2.30. The van der Waals surface area contributed by atoms with Crippen molar-refractivity contribution in [2.75, 3.05) is 13.7 Å². The van der Waals surface area contributed by atoms with Gasteiger partial charge in [-0.2, -0.15) is 10.2 Å². The van der Waals surface area contributed by atoms with E-state index in [9.17, 15) is 4.79 Å². The number of aromatic nitrogens is 4. The fraction of sp³-hybridized carbons (Fsp3) is 0.261. The van der Waals surface area contributed by atoms with Gasteiger partial charge in [0.2, 0.25) is 0 Å². The number of carbonyl (C=O) groups excluding carboxylic acids is 1. The van der Waals surface area contributed by atoms with Crippen molar-refractivity contribution in [2.45, 2.75) is 19.9 Å². The van der Waals surface area contributed by atoms with Crippen LogP contribution in [0.15, 0.2) is 42.6 Å². The average Bonchev–Trinajstić information content (AvgIpc) is 3.40. The Morgan fingerprint density at radius 3 is 2.94 bits per heavy atom. The molecule has 0 aliphatic carbocycles. The molecule has 31 heavy (non-hydrogen) atoms. The van der Waals surface area contributed by atoms with Crippen molar-refractivity contribution in [2.24, 2.45) is 5.92 Å². The number of halogens is 1. The number of rotatable bonds is 5. The minimum atomic E-state index is -0.300. The zero-order chi connectivity index (χ0) is 21.5. The minimum absolute atomic E-state index is 0.0141. The van der Waals surface area contributed by atoms with Gasteiger partial charge < -0.3 is 9.47 Å². The third kappa shape index (κ3) is 3.35. The molecule has 0 spiro atoms. The first-order chi connectivity index (χ1) is 15.1. The molecule has 4 aromatic rings. The van der Waals surface area contributed by atoms with Crippen LogP contribution in [0.2, 0.25) is 5.15 Å². The summed E-state index contributed by atoms with van der Waals surface area (Å²) in [6.07, 6.45) is 2.28. The van der Waals surface area contributed by atoms with Crippen molar-refractivity contribution in [1.82, 2.24) is 20.0 Å². The maximum absolute atomic E-state index is 13.5. The summed E-state index contributed by atoms with van der Waals surface area (Å²) in [5.41, 5.74) is 4.06. The summed E-state index contributed by atoms with van der Waals surface area (Å²) in [6.45, 7) is 2.99. The molecule has 3 heterocycles. The van der Waals surface area contributed by atoms with Crippen molar-refractivity contribution in [3.8, 4) is 22.6 Å². The number of fused-ring (bicyclic) bond motifs is 2. The molecule has 0 amide bonds. The van der Waals surface area contributed by atoms with Crippen molar-refractivity contribution < 1.29 is 14.3 Å². The number of ketones is 1. The Kier molecular flexibility index (Phi) is 4.90. The number of Topliss-reactive ketones (excluding diaryl/α,β-unsaturated/α-hetero) is 1. The molecule has 7 nitrogen and oxygen atoms in total. The highest BCUT2D eigenvalue weighted by Crippen LogP contribution is 2.34. The fourth-order valence-corrected chi connectivity index (χ4v) is 4.30. The number of nitrogens with zero attached hydrogens (tertiary/aromatic N) is 3. The molecular formula is C23H21ClN4O3. The van der Waals surface area contributed by atoms with E-state index in [-0.39, 0.29) is 11.7 Å². The van der Waals surface area contributed by atoms with Gasteiger partial charge in [-0.1, -0.05) is 17.7 Å². The maximum atomic E-state index is 13.5. The van der Waals surface area contributed by atoms with E-state index in [2.05, 4.69) is 15.3 Å². The van der Waals surface area contributed by atoms with Crippen LogP contribution in [-0.4, -0.2) is 39.5 Å². The Bertz CT molecular complexity index is 1290. The number of aryl methyl sites for hydroxylation is 1. The summed E-state index contributed by atoms with van der Waals surface area (Å²) in [6, 6.07) is 11.5. The molecule has 1 N–H and O–H groups in total. The minimum Gasteiger partial charge on any atom is -0.497 e. The van der Waals surface area contributed by atoms with Crippen LogP contribution in [0.1, 0.15) is 23.0 Å². The fourth-order valence-electron chi connectivity index (χ4n) is 4.10. The third-order valence-corrected chi connectivity index (χ3v) is 6.02. The number of hydrogen-bond acceptors (Lipinski definition) is 5. The molecule has 0 saturated heterocycles. The lowest BCUT2D eigenvalue weighted by Crippen LogP contribution is -2.28. The molecule has 1 unspecified atom stereocenters.